The van der Waals surface area contributed by atoms with Gasteiger partial charge in [0.2, 0.25) is 0 Å². The summed E-state index contributed by atoms with van der Waals surface area (Å²) in [6.07, 6.45) is 1.21. The number of rotatable bonds is 4. The summed E-state index contributed by atoms with van der Waals surface area (Å²) in [5.74, 6) is 0.0861. The molecule has 2 nitrogen and oxygen atoms in total. The minimum atomic E-state index is 0.0861. The van der Waals surface area contributed by atoms with E-state index in [0.29, 0.717) is 17.5 Å². The zero-order valence-electron chi connectivity index (χ0n) is 11.8. The molecule has 0 aliphatic heterocycles. The number of benzene rings is 2. The Balaban J connectivity index is 2.09. The average Bonchev–Trinajstić information content (AvgIpc) is 2.48. The average molecular weight is 263 g/mol. The summed E-state index contributed by atoms with van der Waals surface area (Å²) in [5, 5.41) is 8.86. The zero-order valence-corrected chi connectivity index (χ0v) is 11.8. The molecule has 0 atom stereocenters. The van der Waals surface area contributed by atoms with Crippen LogP contribution in [0, 0.1) is 25.2 Å². The van der Waals surface area contributed by atoms with Crippen molar-refractivity contribution in [1.29, 1.82) is 5.26 Å². The molecule has 0 aromatic heterocycles. The number of carbonyl (C=O) groups is 1. The van der Waals surface area contributed by atoms with Crippen molar-refractivity contribution in [3.63, 3.8) is 0 Å². The lowest BCUT2D eigenvalue weighted by Gasteiger charge is -2.08. The topological polar surface area (TPSA) is 40.9 Å². The number of aryl methyl sites for hydroxylation is 2. The Morgan fingerprint density at radius 3 is 2.65 bits per heavy atom. The number of nitrogens with zero attached hydrogens (tertiary/aromatic N) is 1. The minimum absolute atomic E-state index is 0.0861. The molecule has 0 saturated carbocycles. The van der Waals surface area contributed by atoms with Crippen LogP contribution in [0.2, 0.25) is 0 Å². The van der Waals surface area contributed by atoms with Gasteiger partial charge in [0.1, 0.15) is 0 Å². The Labute approximate surface area is 119 Å². The first kappa shape index (κ1) is 14.0. The first-order valence-corrected chi connectivity index (χ1v) is 6.70. The zero-order chi connectivity index (χ0) is 14.5. The van der Waals surface area contributed by atoms with Gasteiger partial charge in [-0.2, -0.15) is 5.26 Å². The van der Waals surface area contributed by atoms with Gasteiger partial charge >= 0.3 is 0 Å². The normalized spacial score (nSPS) is 10.1. The highest BCUT2D eigenvalue weighted by Crippen LogP contribution is 2.16. The van der Waals surface area contributed by atoms with Crippen molar-refractivity contribution in [3.8, 4) is 6.07 Å². The summed E-state index contributed by atoms with van der Waals surface area (Å²) in [7, 11) is 0. The van der Waals surface area contributed by atoms with Gasteiger partial charge in [-0.3, -0.25) is 4.79 Å². The number of nitriles is 1. The summed E-state index contributed by atoms with van der Waals surface area (Å²) in [4.78, 5) is 12.2. The van der Waals surface area contributed by atoms with Crippen LogP contribution in [0.5, 0.6) is 0 Å². The molecule has 0 bridgehead atoms. The minimum Gasteiger partial charge on any atom is -0.294 e. The third kappa shape index (κ3) is 3.13. The fourth-order valence-electron chi connectivity index (χ4n) is 2.24. The molecule has 20 heavy (non-hydrogen) atoms. The lowest BCUT2D eigenvalue weighted by Crippen LogP contribution is -2.03. The standard InChI is InChI=1S/C18H17NO/c1-13-5-3-7-16(14(13)2)9-10-18(20)17-8-4-6-15(11-17)12-19/h3-8,11H,9-10H2,1-2H3. The predicted molar refractivity (Wildman–Crippen MR) is 79.7 cm³/mol. The van der Waals surface area contributed by atoms with E-state index in [0.717, 1.165) is 6.42 Å². The van der Waals surface area contributed by atoms with Crippen molar-refractivity contribution in [1.82, 2.24) is 0 Å². The van der Waals surface area contributed by atoms with E-state index in [4.69, 9.17) is 5.26 Å². The number of hydrogen-bond acceptors (Lipinski definition) is 2. The van der Waals surface area contributed by atoms with Crippen LogP contribution in [0.4, 0.5) is 0 Å². The van der Waals surface area contributed by atoms with Gasteiger partial charge < -0.3 is 0 Å². The van der Waals surface area contributed by atoms with E-state index in [1.54, 1.807) is 24.3 Å². The third-order valence-electron chi connectivity index (χ3n) is 3.65. The predicted octanol–water partition coefficient (Wildman–Crippen LogP) is 3.99. The van der Waals surface area contributed by atoms with Crippen LogP contribution in [0.15, 0.2) is 42.5 Å². The van der Waals surface area contributed by atoms with E-state index in [9.17, 15) is 4.79 Å². The van der Waals surface area contributed by atoms with E-state index in [1.807, 2.05) is 6.07 Å². The van der Waals surface area contributed by atoms with E-state index in [2.05, 4.69) is 32.0 Å². The molecule has 0 amide bonds. The summed E-state index contributed by atoms with van der Waals surface area (Å²) in [5.41, 5.74) is 4.87. The second kappa shape index (κ2) is 6.16. The highest BCUT2D eigenvalue weighted by atomic mass is 16.1. The number of Topliss-reactive ketones (excluding diaryl/α,β-unsaturated/α-hetero) is 1. The van der Waals surface area contributed by atoms with Gasteiger partial charge in [-0.15, -0.1) is 0 Å². The van der Waals surface area contributed by atoms with Crippen molar-refractivity contribution in [2.75, 3.05) is 0 Å². The van der Waals surface area contributed by atoms with Crippen LogP contribution in [-0.2, 0) is 6.42 Å². The molecule has 100 valence electrons. The Hall–Kier alpha value is -2.40. The van der Waals surface area contributed by atoms with Crippen LogP contribution < -0.4 is 0 Å². The second-order valence-corrected chi connectivity index (χ2v) is 4.97. The molecule has 0 saturated heterocycles. The van der Waals surface area contributed by atoms with Crippen molar-refractivity contribution in [2.24, 2.45) is 0 Å². The lowest BCUT2D eigenvalue weighted by molar-refractivity contribution is 0.0983. The van der Waals surface area contributed by atoms with E-state index in [1.165, 1.54) is 16.7 Å². The van der Waals surface area contributed by atoms with Crippen molar-refractivity contribution in [3.05, 3.63) is 70.3 Å². The van der Waals surface area contributed by atoms with E-state index < -0.39 is 0 Å². The van der Waals surface area contributed by atoms with Crippen LogP contribution >= 0.6 is 0 Å². The molecule has 2 rings (SSSR count). The van der Waals surface area contributed by atoms with Crippen LogP contribution in [0.1, 0.15) is 39.0 Å². The van der Waals surface area contributed by atoms with Gasteiger partial charge in [0.05, 0.1) is 11.6 Å². The Morgan fingerprint density at radius 1 is 1.15 bits per heavy atom. The quantitative estimate of drug-likeness (QED) is 0.782. The van der Waals surface area contributed by atoms with Crippen molar-refractivity contribution in [2.45, 2.75) is 26.7 Å². The fourth-order valence-corrected chi connectivity index (χ4v) is 2.24. The van der Waals surface area contributed by atoms with Crippen LogP contribution in [0.3, 0.4) is 0 Å². The van der Waals surface area contributed by atoms with Crippen molar-refractivity contribution < 1.29 is 4.79 Å². The molecular weight excluding hydrogens is 246 g/mol. The first-order chi connectivity index (χ1) is 9.61. The molecule has 0 radical (unpaired) electrons. The largest absolute Gasteiger partial charge is 0.294 e. The molecule has 0 fully saturated rings. The molecule has 2 aromatic rings. The van der Waals surface area contributed by atoms with Gasteiger partial charge in [0, 0.05) is 12.0 Å². The summed E-state index contributed by atoms with van der Waals surface area (Å²) >= 11 is 0. The molecule has 2 heteroatoms. The molecule has 0 unspecified atom stereocenters. The maximum Gasteiger partial charge on any atom is 0.163 e. The Kier molecular flexibility index (Phi) is 4.32. The Morgan fingerprint density at radius 2 is 1.90 bits per heavy atom. The smallest absolute Gasteiger partial charge is 0.163 e. The van der Waals surface area contributed by atoms with E-state index >= 15 is 0 Å². The summed E-state index contributed by atoms with van der Waals surface area (Å²) in [6, 6.07) is 15.1. The van der Waals surface area contributed by atoms with Gasteiger partial charge in [-0.05, 0) is 49.1 Å². The SMILES string of the molecule is Cc1cccc(CCC(=O)c2cccc(C#N)c2)c1C. The van der Waals surface area contributed by atoms with E-state index in [-0.39, 0.29) is 5.78 Å². The van der Waals surface area contributed by atoms with Crippen LogP contribution in [0.25, 0.3) is 0 Å². The van der Waals surface area contributed by atoms with Gasteiger partial charge in [-0.1, -0.05) is 30.3 Å². The fraction of sp³-hybridized carbons (Fsp3) is 0.222. The van der Waals surface area contributed by atoms with Crippen LogP contribution in [-0.4, -0.2) is 5.78 Å². The van der Waals surface area contributed by atoms with Gasteiger partial charge in [0.25, 0.3) is 0 Å². The maximum atomic E-state index is 12.2. The van der Waals surface area contributed by atoms with Gasteiger partial charge in [0.15, 0.2) is 5.78 Å². The second-order valence-electron chi connectivity index (χ2n) is 4.97. The summed E-state index contributed by atoms with van der Waals surface area (Å²) < 4.78 is 0. The molecular formula is C18H17NO. The third-order valence-corrected chi connectivity index (χ3v) is 3.65. The molecule has 0 aliphatic carbocycles. The molecule has 0 spiro atoms. The first-order valence-electron chi connectivity index (χ1n) is 6.70. The monoisotopic (exact) mass is 263 g/mol. The Bertz CT molecular complexity index is 680. The number of ketones is 1. The molecule has 0 aliphatic rings. The molecule has 0 heterocycles. The summed E-state index contributed by atoms with van der Waals surface area (Å²) in [6.45, 7) is 4.17. The van der Waals surface area contributed by atoms with Crippen molar-refractivity contribution >= 4 is 5.78 Å². The molecule has 0 N–H and O–H groups in total. The highest BCUT2D eigenvalue weighted by Gasteiger charge is 2.08. The van der Waals surface area contributed by atoms with Gasteiger partial charge in [-0.25, -0.2) is 0 Å². The molecule has 2 aromatic carbocycles. The number of hydrogen-bond donors (Lipinski definition) is 0. The lowest BCUT2D eigenvalue weighted by atomic mass is 9.97. The highest BCUT2D eigenvalue weighted by molar-refractivity contribution is 5.96. The maximum absolute atomic E-state index is 12.2. The number of carbonyl (C=O) groups excluding carboxylic acids is 1.